The van der Waals surface area contributed by atoms with Crippen molar-refractivity contribution in [2.75, 3.05) is 18.8 Å². The van der Waals surface area contributed by atoms with E-state index in [1.54, 1.807) is 6.26 Å². The Morgan fingerprint density at radius 1 is 1.24 bits per heavy atom. The van der Waals surface area contributed by atoms with Crippen LogP contribution in [0.3, 0.4) is 0 Å². The van der Waals surface area contributed by atoms with E-state index in [1.165, 1.54) is 17.3 Å². The van der Waals surface area contributed by atoms with E-state index < -0.39 is 0 Å². The second-order valence-electron chi connectivity index (χ2n) is 7.09. The fourth-order valence-electron chi connectivity index (χ4n) is 3.60. The number of carbonyl (C=O) groups is 1. The third kappa shape index (κ3) is 4.89. The van der Waals surface area contributed by atoms with Crippen LogP contribution in [0, 0.1) is 0 Å². The van der Waals surface area contributed by atoms with Crippen LogP contribution in [0.25, 0.3) is 11.6 Å². The van der Waals surface area contributed by atoms with Crippen LogP contribution >= 0.6 is 11.8 Å². The molecule has 0 bridgehead atoms. The quantitative estimate of drug-likeness (QED) is 0.574. The summed E-state index contributed by atoms with van der Waals surface area (Å²) in [6.45, 7) is 5.56. The number of furan rings is 1. The molecule has 0 spiro atoms. The van der Waals surface area contributed by atoms with Crippen molar-refractivity contribution in [2.45, 2.75) is 37.6 Å². The van der Waals surface area contributed by atoms with Gasteiger partial charge in [-0.3, -0.25) is 14.3 Å². The van der Waals surface area contributed by atoms with Gasteiger partial charge in [0.25, 0.3) is 0 Å². The molecular weight excluding hydrogens is 386 g/mol. The molecule has 7 nitrogen and oxygen atoms in total. The van der Waals surface area contributed by atoms with Gasteiger partial charge in [-0.25, -0.2) is 0 Å². The van der Waals surface area contributed by atoms with Gasteiger partial charge in [-0.2, -0.15) is 0 Å². The third-order valence-corrected chi connectivity index (χ3v) is 5.96. The van der Waals surface area contributed by atoms with Gasteiger partial charge in [-0.1, -0.05) is 42.1 Å². The molecule has 4 rings (SSSR count). The van der Waals surface area contributed by atoms with Crippen molar-refractivity contribution >= 4 is 17.7 Å². The summed E-state index contributed by atoms with van der Waals surface area (Å²) in [7, 11) is 0. The van der Waals surface area contributed by atoms with Crippen LogP contribution in [0.1, 0.15) is 18.9 Å². The average Bonchev–Trinajstić information content (AvgIpc) is 3.48. The smallest absolute Gasteiger partial charge is 0.230 e. The molecule has 1 atom stereocenters. The van der Waals surface area contributed by atoms with Crippen molar-refractivity contribution in [3.05, 3.63) is 54.3 Å². The van der Waals surface area contributed by atoms with E-state index in [-0.39, 0.29) is 11.9 Å². The fraction of sp³-hybridized carbons (Fsp3) is 0.381. The minimum absolute atomic E-state index is 0.0340. The van der Waals surface area contributed by atoms with Gasteiger partial charge < -0.3 is 9.73 Å². The highest BCUT2D eigenvalue weighted by Crippen LogP contribution is 2.24. The highest BCUT2D eigenvalue weighted by Gasteiger charge is 2.24. The van der Waals surface area contributed by atoms with Gasteiger partial charge in [-0.05, 0) is 31.0 Å². The molecule has 1 aliphatic heterocycles. The summed E-state index contributed by atoms with van der Waals surface area (Å²) in [5.74, 6) is 1.73. The number of nitrogens with zero attached hydrogens (tertiary/aromatic N) is 4. The van der Waals surface area contributed by atoms with Crippen molar-refractivity contribution in [1.82, 2.24) is 25.0 Å². The van der Waals surface area contributed by atoms with Crippen LogP contribution in [0.4, 0.5) is 0 Å². The van der Waals surface area contributed by atoms with E-state index in [9.17, 15) is 4.79 Å². The highest BCUT2D eigenvalue weighted by atomic mass is 32.2. The molecular formula is C21H25N5O2S. The van der Waals surface area contributed by atoms with Gasteiger partial charge in [0, 0.05) is 32.2 Å². The first-order valence-corrected chi connectivity index (χ1v) is 10.9. The Morgan fingerprint density at radius 3 is 2.86 bits per heavy atom. The maximum atomic E-state index is 12.4. The van der Waals surface area contributed by atoms with Gasteiger partial charge in [0.15, 0.2) is 16.7 Å². The monoisotopic (exact) mass is 411 g/mol. The zero-order valence-corrected chi connectivity index (χ0v) is 17.3. The number of nitrogens with one attached hydrogen (secondary N) is 1. The number of amides is 1. The molecule has 3 aromatic rings. The number of carbonyl (C=O) groups excluding carboxylic acids is 1. The molecule has 0 aliphatic carbocycles. The van der Waals surface area contributed by atoms with Gasteiger partial charge >= 0.3 is 0 Å². The lowest BCUT2D eigenvalue weighted by Gasteiger charge is -2.16. The lowest BCUT2D eigenvalue weighted by Crippen LogP contribution is -2.38. The van der Waals surface area contributed by atoms with Crippen LogP contribution in [-0.4, -0.2) is 50.5 Å². The highest BCUT2D eigenvalue weighted by molar-refractivity contribution is 7.99. The van der Waals surface area contributed by atoms with Crippen LogP contribution in [0.15, 0.2) is 58.3 Å². The lowest BCUT2D eigenvalue weighted by atomic mass is 10.2. The molecule has 1 aromatic carbocycles. The van der Waals surface area contributed by atoms with Gasteiger partial charge in [-0.15, -0.1) is 10.2 Å². The van der Waals surface area contributed by atoms with Gasteiger partial charge in [0.2, 0.25) is 5.91 Å². The topological polar surface area (TPSA) is 76.2 Å². The summed E-state index contributed by atoms with van der Waals surface area (Å²) in [6.07, 6.45) is 2.60. The predicted molar refractivity (Wildman–Crippen MR) is 112 cm³/mol. The molecule has 2 aromatic heterocycles. The van der Waals surface area contributed by atoms with E-state index >= 15 is 0 Å². The summed E-state index contributed by atoms with van der Waals surface area (Å²) < 4.78 is 7.39. The minimum atomic E-state index is 0.0340. The predicted octanol–water partition coefficient (Wildman–Crippen LogP) is 3.04. The number of likely N-dealkylation sites (tertiary alicyclic amines) is 1. The number of thioether (sulfide) groups is 1. The van der Waals surface area contributed by atoms with Crippen LogP contribution in [-0.2, 0) is 17.9 Å². The molecule has 0 saturated carbocycles. The maximum absolute atomic E-state index is 12.4. The first-order chi connectivity index (χ1) is 14.2. The van der Waals surface area contributed by atoms with Crippen molar-refractivity contribution < 1.29 is 9.21 Å². The molecule has 1 amide bonds. The van der Waals surface area contributed by atoms with E-state index in [0.29, 0.717) is 23.9 Å². The normalized spacial score (nSPS) is 16.9. The largest absolute Gasteiger partial charge is 0.461 e. The summed E-state index contributed by atoms with van der Waals surface area (Å²) in [6, 6.07) is 14.3. The van der Waals surface area contributed by atoms with Crippen molar-refractivity contribution in [3.8, 4) is 11.6 Å². The number of rotatable bonds is 8. The first-order valence-electron chi connectivity index (χ1n) is 9.88. The second-order valence-corrected chi connectivity index (χ2v) is 8.03. The molecule has 1 N–H and O–H groups in total. The summed E-state index contributed by atoms with van der Waals surface area (Å²) in [5, 5.41) is 12.3. The minimum Gasteiger partial charge on any atom is -0.461 e. The molecule has 3 heterocycles. The standard InChI is InChI=1S/C21H25N5O2S/c1-2-26-20(18-9-6-12-28-18)23-24-21(26)29-15-19(27)22-17-10-11-25(14-17)13-16-7-4-3-5-8-16/h3-9,12,17H,2,10-11,13-15H2,1H3,(H,22,27)/t17-/m0/s1. The Balaban J connectivity index is 1.27. The summed E-state index contributed by atoms with van der Waals surface area (Å²) >= 11 is 1.41. The zero-order chi connectivity index (χ0) is 20.1. The Hall–Kier alpha value is -2.58. The van der Waals surface area contributed by atoms with E-state index in [0.717, 1.165) is 31.2 Å². The Labute approximate surface area is 174 Å². The molecule has 0 radical (unpaired) electrons. The van der Waals surface area contributed by atoms with Gasteiger partial charge in [0.1, 0.15) is 0 Å². The lowest BCUT2D eigenvalue weighted by molar-refractivity contribution is -0.119. The number of benzene rings is 1. The molecule has 1 fully saturated rings. The summed E-state index contributed by atoms with van der Waals surface area (Å²) in [4.78, 5) is 14.8. The molecule has 29 heavy (non-hydrogen) atoms. The third-order valence-electron chi connectivity index (χ3n) is 4.99. The SMILES string of the molecule is CCn1c(SCC(=O)N[C@H]2CCN(Cc3ccccc3)C2)nnc1-c1ccco1. The van der Waals surface area contributed by atoms with Crippen molar-refractivity contribution in [2.24, 2.45) is 0 Å². The van der Waals surface area contributed by atoms with Gasteiger partial charge in [0.05, 0.1) is 12.0 Å². The fourth-order valence-corrected chi connectivity index (χ4v) is 4.42. The van der Waals surface area contributed by atoms with Crippen LogP contribution in [0.2, 0.25) is 0 Å². The van der Waals surface area contributed by atoms with E-state index in [2.05, 4.69) is 44.7 Å². The van der Waals surface area contributed by atoms with Crippen molar-refractivity contribution in [3.63, 3.8) is 0 Å². The molecule has 1 saturated heterocycles. The van der Waals surface area contributed by atoms with E-state index in [1.807, 2.05) is 29.7 Å². The Bertz CT molecular complexity index is 926. The van der Waals surface area contributed by atoms with Crippen LogP contribution in [0.5, 0.6) is 0 Å². The number of hydrogen-bond donors (Lipinski definition) is 1. The second kappa shape index (κ2) is 9.28. The molecule has 0 unspecified atom stereocenters. The molecule has 1 aliphatic rings. The number of aromatic nitrogens is 3. The maximum Gasteiger partial charge on any atom is 0.230 e. The van der Waals surface area contributed by atoms with Crippen molar-refractivity contribution in [1.29, 1.82) is 0 Å². The molecule has 8 heteroatoms. The van der Waals surface area contributed by atoms with Crippen LogP contribution < -0.4 is 5.32 Å². The zero-order valence-electron chi connectivity index (χ0n) is 16.5. The average molecular weight is 412 g/mol. The van der Waals surface area contributed by atoms with E-state index in [4.69, 9.17) is 4.42 Å². The molecule has 152 valence electrons. The number of hydrogen-bond acceptors (Lipinski definition) is 6. The Morgan fingerprint density at radius 2 is 2.10 bits per heavy atom. The summed E-state index contributed by atoms with van der Waals surface area (Å²) in [5.41, 5.74) is 1.31. The first kappa shape index (κ1) is 19.7. The Kier molecular flexibility index (Phi) is 6.31.